The maximum Gasteiger partial charge on any atom is 0.415 e. The van der Waals surface area contributed by atoms with E-state index in [9.17, 15) is 14.4 Å². The number of piperazine rings is 1. The first kappa shape index (κ1) is 26.7. The van der Waals surface area contributed by atoms with Gasteiger partial charge in [0.25, 0.3) is 0 Å². The maximum atomic E-state index is 12.8. The van der Waals surface area contributed by atoms with E-state index in [0.29, 0.717) is 31.6 Å². The summed E-state index contributed by atoms with van der Waals surface area (Å²) in [5.74, 6) is 0.0536. The van der Waals surface area contributed by atoms with Gasteiger partial charge < -0.3 is 19.2 Å². The number of nitrogens with zero attached hydrogens (tertiary/aromatic N) is 1. The van der Waals surface area contributed by atoms with Crippen molar-refractivity contribution in [3.05, 3.63) is 40.2 Å². The molecule has 1 amide bonds. The highest BCUT2D eigenvalue weighted by atomic mass is 35.5. The summed E-state index contributed by atoms with van der Waals surface area (Å²) in [5, 5.41) is 4.00. The number of esters is 1. The van der Waals surface area contributed by atoms with E-state index in [0.717, 1.165) is 30.2 Å². The Labute approximate surface area is 200 Å². The summed E-state index contributed by atoms with van der Waals surface area (Å²) in [6.45, 7) is 5.69. The maximum absolute atomic E-state index is 12.8. The quantitative estimate of drug-likeness (QED) is 0.326. The molecule has 1 aliphatic heterocycles. The zero-order chi connectivity index (χ0) is 22.9. The molecule has 182 valence electrons. The van der Waals surface area contributed by atoms with Crippen LogP contribution in [0.2, 0.25) is 0 Å². The van der Waals surface area contributed by atoms with Crippen molar-refractivity contribution >= 4 is 35.4 Å². The summed E-state index contributed by atoms with van der Waals surface area (Å²) in [6, 6.07) is 6.08. The number of unbranched alkanes of at least 4 members (excludes halogenated alkanes) is 4. The van der Waals surface area contributed by atoms with Crippen molar-refractivity contribution in [2.75, 3.05) is 26.2 Å². The summed E-state index contributed by atoms with van der Waals surface area (Å²) < 4.78 is 16.2. The number of rotatable bonds is 9. The van der Waals surface area contributed by atoms with Gasteiger partial charge in [0.2, 0.25) is 0 Å². The summed E-state index contributed by atoms with van der Waals surface area (Å²) in [4.78, 5) is 38.1. The van der Waals surface area contributed by atoms with Crippen LogP contribution in [0, 0.1) is 6.92 Å². The topological polar surface area (TPSA) is 98.1 Å². The van der Waals surface area contributed by atoms with Crippen LogP contribution in [0.5, 0.6) is 5.75 Å². The zero-order valence-corrected chi connectivity index (χ0v) is 20.1. The molecule has 0 saturated carbocycles. The average Bonchev–Trinajstić information content (AvgIpc) is 2.77. The highest BCUT2D eigenvalue weighted by Crippen LogP contribution is 2.23. The number of benzene rings is 1. The molecular weight excluding hydrogens is 448 g/mol. The van der Waals surface area contributed by atoms with Gasteiger partial charge in [0.15, 0.2) is 0 Å². The highest BCUT2D eigenvalue weighted by molar-refractivity contribution is 5.85. The van der Waals surface area contributed by atoms with Gasteiger partial charge in [-0.25, -0.2) is 9.59 Å². The fourth-order valence-corrected chi connectivity index (χ4v) is 3.81. The largest absolute Gasteiger partial charge is 0.463 e. The molecule has 9 heteroatoms. The van der Waals surface area contributed by atoms with E-state index < -0.39 is 11.7 Å². The van der Waals surface area contributed by atoms with E-state index in [1.54, 1.807) is 17.0 Å². The number of hydrogen-bond acceptors (Lipinski definition) is 7. The number of nitrogens with one attached hydrogen (secondary N) is 1. The first-order chi connectivity index (χ1) is 15.5. The molecule has 8 nitrogen and oxygen atoms in total. The van der Waals surface area contributed by atoms with Gasteiger partial charge in [-0.05, 0) is 31.0 Å². The summed E-state index contributed by atoms with van der Waals surface area (Å²) in [6.07, 6.45) is 5.20. The first-order valence-electron chi connectivity index (χ1n) is 11.4. The molecule has 1 unspecified atom stereocenters. The van der Waals surface area contributed by atoms with Gasteiger partial charge in [-0.2, -0.15) is 0 Å². The third-order valence-electron chi connectivity index (χ3n) is 5.63. The van der Waals surface area contributed by atoms with Gasteiger partial charge in [-0.3, -0.25) is 9.69 Å². The van der Waals surface area contributed by atoms with Crippen molar-refractivity contribution in [3.63, 3.8) is 0 Å². The lowest BCUT2D eigenvalue weighted by atomic mass is 10.1. The molecule has 1 N–H and O–H groups in total. The van der Waals surface area contributed by atoms with Gasteiger partial charge >= 0.3 is 17.7 Å². The molecule has 1 aromatic carbocycles. The normalized spacial score (nSPS) is 15.7. The molecule has 1 saturated heterocycles. The average molecular weight is 481 g/mol. The van der Waals surface area contributed by atoms with Crippen LogP contribution in [0.4, 0.5) is 4.79 Å². The van der Waals surface area contributed by atoms with Crippen molar-refractivity contribution in [2.45, 2.75) is 58.4 Å². The fraction of sp³-hybridized carbons (Fsp3) is 0.542. The molecule has 1 fully saturated rings. The zero-order valence-electron chi connectivity index (χ0n) is 19.3. The molecule has 2 heterocycles. The monoisotopic (exact) mass is 480 g/mol. The van der Waals surface area contributed by atoms with Crippen LogP contribution in [-0.2, 0) is 9.53 Å². The second-order valence-corrected chi connectivity index (χ2v) is 8.17. The van der Waals surface area contributed by atoms with Gasteiger partial charge in [0.05, 0.1) is 6.04 Å². The number of hydrogen-bond donors (Lipinski definition) is 1. The van der Waals surface area contributed by atoms with Gasteiger partial charge in [0, 0.05) is 43.6 Å². The van der Waals surface area contributed by atoms with E-state index in [4.69, 9.17) is 13.9 Å². The Hall–Kier alpha value is -2.58. The molecule has 0 radical (unpaired) electrons. The van der Waals surface area contributed by atoms with Crippen molar-refractivity contribution in [1.82, 2.24) is 10.2 Å². The minimum Gasteiger partial charge on any atom is -0.463 e. The summed E-state index contributed by atoms with van der Waals surface area (Å²) in [5.41, 5.74) is 0.710. The molecule has 0 spiro atoms. The van der Waals surface area contributed by atoms with Crippen LogP contribution in [0.1, 0.15) is 51.0 Å². The number of halogens is 1. The molecule has 1 atom stereocenters. The van der Waals surface area contributed by atoms with Crippen LogP contribution >= 0.6 is 12.4 Å². The minimum atomic E-state index is -0.526. The molecule has 2 aromatic rings. The second kappa shape index (κ2) is 13.2. The number of aryl methyl sites for hydroxylation is 1. The lowest BCUT2D eigenvalue weighted by molar-refractivity contribution is -0.145. The van der Waals surface area contributed by atoms with Crippen molar-refractivity contribution in [3.8, 4) is 5.75 Å². The Kier molecular flexibility index (Phi) is 10.7. The molecule has 33 heavy (non-hydrogen) atoms. The van der Waals surface area contributed by atoms with Crippen molar-refractivity contribution in [1.29, 1.82) is 0 Å². The number of fused-ring (bicyclic) bond motifs is 1. The van der Waals surface area contributed by atoms with Crippen LogP contribution in [0.25, 0.3) is 11.0 Å². The molecule has 0 aliphatic carbocycles. The van der Waals surface area contributed by atoms with Crippen LogP contribution in [0.3, 0.4) is 0 Å². The molecule has 1 aliphatic rings. The highest BCUT2D eigenvalue weighted by Gasteiger charge is 2.29. The van der Waals surface area contributed by atoms with Crippen LogP contribution in [0.15, 0.2) is 33.5 Å². The fourth-order valence-electron chi connectivity index (χ4n) is 3.81. The van der Waals surface area contributed by atoms with Crippen LogP contribution in [-0.4, -0.2) is 49.2 Å². The third kappa shape index (κ3) is 7.75. The van der Waals surface area contributed by atoms with Gasteiger partial charge in [0.1, 0.15) is 17.9 Å². The van der Waals surface area contributed by atoms with Crippen molar-refractivity contribution in [2.24, 2.45) is 0 Å². The lowest BCUT2D eigenvalue weighted by Gasteiger charge is -2.34. The lowest BCUT2D eigenvalue weighted by Crippen LogP contribution is -2.56. The smallest absolute Gasteiger partial charge is 0.415 e. The van der Waals surface area contributed by atoms with Crippen LogP contribution < -0.4 is 15.7 Å². The van der Waals surface area contributed by atoms with E-state index >= 15 is 0 Å². The van der Waals surface area contributed by atoms with E-state index in [1.165, 1.54) is 25.0 Å². The minimum absolute atomic E-state index is 0. The van der Waals surface area contributed by atoms with E-state index in [1.807, 2.05) is 6.92 Å². The van der Waals surface area contributed by atoms with Gasteiger partial charge in [-0.15, -0.1) is 12.4 Å². The Morgan fingerprint density at radius 1 is 1.18 bits per heavy atom. The van der Waals surface area contributed by atoms with Gasteiger partial charge in [-0.1, -0.05) is 32.6 Å². The Morgan fingerprint density at radius 3 is 2.76 bits per heavy atom. The second-order valence-electron chi connectivity index (χ2n) is 8.17. The number of amides is 1. The predicted molar refractivity (Wildman–Crippen MR) is 128 cm³/mol. The molecular formula is C24H33ClN2O6. The Morgan fingerprint density at radius 2 is 1.97 bits per heavy atom. The molecule has 3 rings (SSSR count). The predicted octanol–water partition coefficient (Wildman–Crippen LogP) is 4.20. The summed E-state index contributed by atoms with van der Waals surface area (Å²) in [7, 11) is 0. The Bertz CT molecular complexity index is 993. The molecule has 1 aromatic heterocycles. The number of ether oxygens (including phenoxy) is 2. The SMILES string of the molecule is CCCCCCCC(=O)OCC1CNCCN1C(=O)Oc1ccc2c(C)cc(=O)oc2c1.Cl. The number of carbonyl (C=O) groups is 2. The van der Waals surface area contributed by atoms with E-state index in [-0.39, 0.29) is 36.8 Å². The van der Waals surface area contributed by atoms with E-state index in [2.05, 4.69) is 12.2 Å². The molecule has 0 bridgehead atoms. The number of carbonyl (C=O) groups excluding carboxylic acids is 2. The standard InChI is InChI=1S/C24H32N2O6.ClH/c1-3-4-5-6-7-8-22(27)30-16-18-15-25-11-12-26(18)24(29)31-19-9-10-20-17(2)13-23(28)32-21(20)14-19;/h9-10,13-14,18,25H,3-8,11-12,15-16H2,1-2H3;1H. The third-order valence-corrected chi connectivity index (χ3v) is 5.63. The first-order valence-corrected chi connectivity index (χ1v) is 11.4. The Balaban J connectivity index is 0.00000385. The van der Waals surface area contributed by atoms with Crippen molar-refractivity contribution < 1.29 is 23.5 Å². The summed E-state index contributed by atoms with van der Waals surface area (Å²) >= 11 is 0.